The molecule has 0 fully saturated rings. The molecule has 2 N–H and O–H groups in total. The molecule has 0 saturated carbocycles. The van der Waals surface area contributed by atoms with Crippen LogP contribution in [-0.4, -0.2) is 28.9 Å². The molecule has 6 nitrogen and oxygen atoms in total. The van der Waals surface area contributed by atoms with Gasteiger partial charge in [-0.25, -0.2) is 5.53 Å². The van der Waals surface area contributed by atoms with Crippen LogP contribution in [0.25, 0.3) is 0 Å². The molecule has 0 saturated heterocycles. The first kappa shape index (κ1) is 10.5. The number of nitrogens with one attached hydrogen (secondary N) is 2. The first-order chi connectivity index (χ1) is 6.56. The third kappa shape index (κ3) is 2.02. The van der Waals surface area contributed by atoms with Crippen molar-refractivity contribution in [2.45, 2.75) is 20.3 Å². The van der Waals surface area contributed by atoms with E-state index in [0.717, 1.165) is 0 Å². The fraction of sp³-hybridized carbons (Fsp3) is 0.500. The van der Waals surface area contributed by atoms with Gasteiger partial charge in [-0.3, -0.25) is 15.1 Å². The second-order valence-electron chi connectivity index (χ2n) is 3.02. The summed E-state index contributed by atoms with van der Waals surface area (Å²) in [5.41, 5.74) is 6.17. The Morgan fingerprint density at radius 2 is 2.36 bits per heavy atom. The van der Waals surface area contributed by atoms with E-state index in [1.807, 2.05) is 0 Å². The maximum atomic E-state index is 11.5. The Morgan fingerprint density at radius 3 is 2.71 bits per heavy atom. The Labute approximate surface area is 83.2 Å². The van der Waals surface area contributed by atoms with Gasteiger partial charge in [0.1, 0.15) is 0 Å². The van der Waals surface area contributed by atoms with Gasteiger partial charge in [-0.05, 0) is 6.92 Å². The molecule has 0 aromatic carbocycles. The Kier molecular flexibility index (Phi) is 3.08. The summed E-state index contributed by atoms with van der Waals surface area (Å²) in [6, 6.07) is 0. The van der Waals surface area contributed by atoms with Crippen molar-refractivity contribution in [3.05, 3.63) is 12.3 Å². The molecular formula is C8H15N5O. The smallest absolute Gasteiger partial charge is 0.245 e. The summed E-state index contributed by atoms with van der Waals surface area (Å²) in [6.45, 7) is 7.29. The van der Waals surface area contributed by atoms with Gasteiger partial charge < -0.3 is 0 Å². The summed E-state index contributed by atoms with van der Waals surface area (Å²) < 4.78 is 0. The van der Waals surface area contributed by atoms with E-state index in [2.05, 4.69) is 22.6 Å². The maximum Gasteiger partial charge on any atom is 0.245 e. The van der Waals surface area contributed by atoms with Crippen molar-refractivity contribution in [1.82, 2.24) is 21.0 Å². The van der Waals surface area contributed by atoms with E-state index < -0.39 is 0 Å². The Bertz CT molecular complexity index is 285. The fourth-order valence-corrected chi connectivity index (χ4v) is 1.09. The third-order valence-corrected chi connectivity index (χ3v) is 1.72. The average Bonchev–Trinajstić information content (AvgIpc) is 2.51. The largest absolute Gasteiger partial charge is 0.274 e. The number of guanidine groups is 1. The van der Waals surface area contributed by atoms with Crippen molar-refractivity contribution < 1.29 is 4.79 Å². The van der Waals surface area contributed by atoms with Crippen LogP contribution in [0.15, 0.2) is 17.4 Å². The van der Waals surface area contributed by atoms with Crippen LogP contribution in [0.4, 0.5) is 0 Å². The van der Waals surface area contributed by atoms with Crippen LogP contribution in [0.2, 0.25) is 0 Å². The molecule has 0 aromatic heterocycles. The minimum Gasteiger partial charge on any atom is -0.274 e. The topological polar surface area (TPSA) is 60.0 Å². The first-order valence-corrected chi connectivity index (χ1v) is 4.38. The lowest BCUT2D eigenvalue weighted by atomic mass is 10.3. The SMILES string of the molecule is C=C(C)N(C(=O)CC)C1=NNN(C)N1. The van der Waals surface area contributed by atoms with Gasteiger partial charge in [-0.15, -0.1) is 10.2 Å². The Balaban J connectivity index is 2.79. The minimum atomic E-state index is -0.0409. The molecular weight excluding hydrogens is 182 g/mol. The summed E-state index contributed by atoms with van der Waals surface area (Å²) in [5, 5.41) is 5.48. The van der Waals surface area contributed by atoms with Crippen LogP contribution in [-0.2, 0) is 4.79 Å². The molecule has 0 spiro atoms. The number of amides is 1. The molecule has 78 valence electrons. The third-order valence-electron chi connectivity index (χ3n) is 1.72. The number of nitrogens with zero attached hydrogens (tertiary/aromatic N) is 3. The number of rotatable bonds is 2. The van der Waals surface area contributed by atoms with Crippen LogP contribution < -0.4 is 11.0 Å². The zero-order chi connectivity index (χ0) is 10.7. The van der Waals surface area contributed by atoms with E-state index in [4.69, 9.17) is 0 Å². The minimum absolute atomic E-state index is 0.0409. The van der Waals surface area contributed by atoms with Crippen LogP contribution >= 0.6 is 0 Å². The van der Waals surface area contributed by atoms with Crippen molar-refractivity contribution in [3.8, 4) is 0 Å². The maximum absolute atomic E-state index is 11.5. The second kappa shape index (κ2) is 4.10. The lowest BCUT2D eigenvalue weighted by molar-refractivity contribution is -0.125. The molecule has 6 heteroatoms. The van der Waals surface area contributed by atoms with Crippen molar-refractivity contribution >= 4 is 11.9 Å². The van der Waals surface area contributed by atoms with Gasteiger partial charge in [0, 0.05) is 19.2 Å². The first-order valence-electron chi connectivity index (χ1n) is 4.38. The Morgan fingerprint density at radius 1 is 1.71 bits per heavy atom. The van der Waals surface area contributed by atoms with Crippen molar-refractivity contribution in [1.29, 1.82) is 0 Å². The number of hydrazone groups is 1. The van der Waals surface area contributed by atoms with E-state index in [0.29, 0.717) is 18.1 Å². The monoisotopic (exact) mass is 197 g/mol. The highest BCUT2D eigenvalue weighted by Gasteiger charge is 2.23. The van der Waals surface area contributed by atoms with Gasteiger partial charge in [0.05, 0.1) is 0 Å². The van der Waals surface area contributed by atoms with Crippen LogP contribution in [0.3, 0.4) is 0 Å². The molecule has 0 aliphatic carbocycles. The number of carbonyl (C=O) groups is 1. The van der Waals surface area contributed by atoms with Crippen LogP contribution in [0, 0.1) is 0 Å². The van der Waals surface area contributed by atoms with Crippen molar-refractivity contribution in [2.75, 3.05) is 7.05 Å². The van der Waals surface area contributed by atoms with Crippen molar-refractivity contribution in [3.63, 3.8) is 0 Å². The summed E-state index contributed by atoms with van der Waals surface area (Å²) in [6.07, 6.45) is 0.414. The predicted octanol–water partition coefficient (Wildman–Crippen LogP) is -0.0158. The fourth-order valence-electron chi connectivity index (χ4n) is 1.09. The summed E-state index contributed by atoms with van der Waals surface area (Å²) in [7, 11) is 1.75. The highest BCUT2D eigenvalue weighted by atomic mass is 16.2. The number of hydrogen-bond acceptors (Lipinski definition) is 5. The van der Waals surface area contributed by atoms with Gasteiger partial charge >= 0.3 is 0 Å². The standard InChI is InChI=1S/C8H15N5O/c1-5-7(14)13(6(2)3)8-9-11-12(4)10-8/h11H,2,5H2,1,3-4H3,(H,9,10). The van der Waals surface area contributed by atoms with E-state index in [9.17, 15) is 4.79 Å². The highest BCUT2D eigenvalue weighted by Crippen LogP contribution is 2.05. The highest BCUT2D eigenvalue weighted by molar-refractivity contribution is 5.98. The second-order valence-corrected chi connectivity index (χ2v) is 3.02. The molecule has 0 bridgehead atoms. The summed E-state index contributed by atoms with van der Waals surface area (Å²) >= 11 is 0. The molecule has 0 radical (unpaired) electrons. The van der Waals surface area contributed by atoms with Crippen molar-refractivity contribution in [2.24, 2.45) is 5.10 Å². The average molecular weight is 197 g/mol. The molecule has 0 aromatic rings. The lowest BCUT2D eigenvalue weighted by Crippen LogP contribution is -2.46. The van der Waals surface area contributed by atoms with Gasteiger partial charge in [-0.2, -0.15) is 0 Å². The molecule has 1 aliphatic heterocycles. The molecule has 0 atom stereocenters. The molecule has 1 aliphatic rings. The molecule has 1 heterocycles. The predicted molar refractivity (Wildman–Crippen MR) is 53.4 cm³/mol. The number of hydrazine groups is 2. The van der Waals surface area contributed by atoms with Gasteiger partial charge in [0.15, 0.2) is 0 Å². The number of hydrogen-bond donors (Lipinski definition) is 2. The summed E-state index contributed by atoms with van der Waals surface area (Å²) in [5.74, 6) is 0.410. The number of carbonyl (C=O) groups excluding carboxylic acids is 1. The summed E-state index contributed by atoms with van der Waals surface area (Å²) in [4.78, 5) is 13.0. The van der Waals surface area contributed by atoms with Gasteiger partial charge in [-0.1, -0.05) is 13.5 Å². The lowest BCUT2D eigenvalue weighted by Gasteiger charge is -2.21. The van der Waals surface area contributed by atoms with E-state index in [1.54, 1.807) is 26.0 Å². The van der Waals surface area contributed by atoms with Crippen LogP contribution in [0.1, 0.15) is 20.3 Å². The Hall–Kier alpha value is -1.56. The van der Waals surface area contributed by atoms with Gasteiger partial charge in [0.25, 0.3) is 0 Å². The molecule has 1 amide bonds. The molecule has 1 rings (SSSR count). The molecule has 0 unspecified atom stereocenters. The van der Waals surface area contributed by atoms with E-state index in [-0.39, 0.29) is 5.91 Å². The van der Waals surface area contributed by atoms with E-state index in [1.165, 1.54) is 4.90 Å². The van der Waals surface area contributed by atoms with Gasteiger partial charge in [0.2, 0.25) is 11.9 Å². The zero-order valence-corrected chi connectivity index (χ0v) is 8.66. The molecule has 14 heavy (non-hydrogen) atoms. The number of allylic oxidation sites excluding steroid dienone is 1. The quantitative estimate of drug-likeness (QED) is 0.653. The van der Waals surface area contributed by atoms with Crippen LogP contribution in [0.5, 0.6) is 0 Å². The normalized spacial score (nSPS) is 15.5. The van der Waals surface area contributed by atoms with E-state index >= 15 is 0 Å². The zero-order valence-electron chi connectivity index (χ0n) is 8.66.